The second kappa shape index (κ2) is 4.14. The van der Waals surface area contributed by atoms with Crippen molar-refractivity contribution in [3.05, 3.63) is 12.2 Å². The van der Waals surface area contributed by atoms with Gasteiger partial charge in [-0.15, -0.1) is 0 Å². The van der Waals surface area contributed by atoms with Gasteiger partial charge in [0.1, 0.15) is 0 Å². The first-order chi connectivity index (χ1) is 5.68. The SMILES string of the molecule is CC(C)OC(=O)NC1CC=CC1. The third-order valence-corrected chi connectivity index (χ3v) is 1.67. The predicted octanol–water partition coefficient (Wildman–Crippen LogP) is 1.84. The molecule has 0 aromatic heterocycles. The Morgan fingerprint density at radius 1 is 1.50 bits per heavy atom. The van der Waals surface area contributed by atoms with Gasteiger partial charge in [-0.25, -0.2) is 4.79 Å². The quantitative estimate of drug-likeness (QED) is 0.640. The molecule has 0 saturated heterocycles. The predicted molar refractivity (Wildman–Crippen MR) is 46.9 cm³/mol. The zero-order valence-corrected chi connectivity index (χ0v) is 7.54. The maximum atomic E-state index is 11.0. The minimum atomic E-state index is -0.307. The van der Waals surface area contributed by atoms with Crippen LogP contribution in [0.2, 0.25) is 0 Å². The van der Waals surface area contributed by atoms with Crippen molar-refractivity contribution < 1.29 is 9.53 Å². The van der Waals surface area contributed by atoms with Gasteiger partial charge in [-0.2, -0.15) is 0 Å². The maximum Gasteiger partial charge on any atom is 0.407 e. The van der Waals surface area contributed by atoms with Gasteiger partial charge >= 0.3 is 6.09 Å². The molecule has 1 N–H and O–H groups in total. The van der Waals surface area contributed by atoms with E-state index < -0.39 is 0 Å². The highest BCUT2D eigenvalue weighted by Gasteiger charge is 2.14. The van der Waals surface area contributed by atoms with Crippen LogP contribution in [0.15, 0.2) is 12.2 Å². The lowest BCUT2D eigenvalue weighted by Gasteiger charge is -2.13. The van der Waals surface area contributed by atoms with Gasteiger partial charge in [-0.05, 0) is 26.7 Å². The molecule has 1 amide bonds. The number of nitrogens with one attached hydrogen (secondary N) is 1. The van der Waals surface area contributed by atoms with Crippen molar-refractivity contribution in [2.24, 2.45) is 0 Å². The van der Waals surface area contributed by atoms with Crippen molar-refractivity contribution in [1.29, 1.82) is 0 Å². The topological polar surface area (TPSA) is 38.3 Å². The molecule has 0 radical (unpaired) electrons. The Kier molecular flexibility index (Phi) is 3.14. The lowest BCUT2D eigenvalue weighted by atomic mass is 10.2. The molecule has 0 saturated carbocycles. The van der Waals surface area contributed by atoms with Gasteiger partial charge < -0.3 is 10.1 Å². The van der Waals surface area contributed by atoms with Crippen LogP contribution in [0.1, 0.15) is 26.7 Å². The Morgan fingerprint density at radius 2 is 2.08 bits per heavy atom. The van der Waals surface area contributed by atoms with Crippen LogP contribution in [-0.2, 0) is 4.74 Å². The zero-order chi connectivity index (χ0) is 8.97. The molecule has 0 aromatic carbocycles. The molecule has 3 heteroatoms. The molecule has 0 heterocycles. The van der Waals surface area contributed by atoms with Crippen molar-refractivity contribution >= 4 is 6.09 Å². The Hall–Kier alpha value is -0.990. The number of amides is 1. The molecule has 1 aliphatic rings. The Bertz CT molecular complexity index is 179. The fourth-order valence-corrected chi connectivity index (χ4v) is 1.15. The average molecular weight is 169 g/mol. The summed E-state index contributed by atoms with van der Waals surface area (Å²) in [6, 6.07) is 0.247. The second-order valence-electron chi connectivity index (χ2n) is 3.24. The molecule has 1 aliphatic carbocycles. The molecule has 0 aromatic rings. The smallest absolute Gasteiger partial charge is 0.407 e. The van der Waals surface area contributed by atoms with E-state index in [1.54, 1.807) is 0 Å². The highest BCUT2D eigenvalue weighted by Crippen LogP contribution is 2.09. The van der Waals surface area contributed by atoms with Crippen molar-refractivity contribution in [2.45, 2.75) is 38.8 Å². The first kappa shape index (κ1) is 9.10. The monoisotopic (exact) mass is 169 g/mol. The van der Waals surface area contributed by atoms with E-state index in [1.807, 2.05) is 13.8 Å². The Balaban J connectivity index is 2.17. The number of alkyl carbamates (subject to hydrolysis) is 1. The average Bonchev–Trinajstić information content (AvgIpc) is 2.37. The van der Waals surface area contributed by atoms with E-state index in [4.69, 9.17) is 4.74 Å². The summed E-state index contributed by atoms with van der Waals surface area (Å²) in [5, 5.41) is 2.79. The first-order valence-electron chi connectivity index (χ1n) is 4.30. The molecular weight excluding hydrogens is 154 g/mol. The molecule has 0 aliphatic heterocycles. The fourth-order valence-electron chi connectivity index (χ4n) is 1.15. The van der Waals surface area contributed by atoms with Gasteiger partial charge in [0.2, 0.25) is 0 Å². The summed E-state index contributed by atoms with van der Waals surface area (Å²) >= 11 is 0. The standard InChI is InChI=1S/C9H15NO2/c1-7(2)12-9(11)10-8-5-3-4-6-8/h3-4,7-8H,5-6H2,1-2H3,(H,10,11). The summed E-state index contributed by atoms with van der Waals surface area (Å²) in [5.41, 5.74) is 0. The minimum absolute atomic E-state index is 0.0423. The van der Waals surface area contributed by atoms with Crippen LogP contribution >= 0.6 is 0 Å². The van der Waals surface area contributed by atoms with Gasteiger partial charge in [0.25, 0.3) is 0 Å². The number of ether oxygens (including phenoxy) is 1. The van der Waals surface area contributed by atoms with Gasteiger partial charge in [0.15, 0.2) is 0 Å². The summed E-state index contributed by atoms with van der Waals surface area (Å²) in [6.07, 6.45) is 5.64. The van der Waals surface area contributed by atoms with E-state index in [2.05, 4.69) is 17.5 Å². The second-order valence-corrected chi connectivity index (χ2v) is 3.24. The van der Waals surface area contributed by atoms with Crippen molar-refractivity contribution in [1.82, 2.24) is 5.32 Å². The van der Waals surface area contributed by atoms with Gasteiger partial charge in [-0.3, -0.25) is 0 Å². The minimum Gasteiger partial charge on any atom is -0.447 e. The molecule has 0 spiro atoms. The Labute approximate surface area is 72.8 Å². The lowest BCUT2D eigenvalue weighted by Crippen LogP contribution is -2.34. The van der Waals surface area contributed by atoms with Crippen LogP contribution < -0.4 is 5.32 Å². The Morgan fingerprint density at radius 3 is 2.58 bits per heavy atom. The molecular formula is C9H15NO2. The van der Waals surface area contributed by atoms with Crippen molar-refractivity contribution in [2.75, 3.05) is 0 Å². The van der Waals surface area contributed by atoms with Crippen molar-refractivity contribution in [3.8, 4) is 0 Å². The van der Waals surface area contributed by atoms with Gasteiger partial charge in [-0.1, -0.05) is 12.2 Å². The first-order valence-corrected chi connectivity index (χ1v) is 4.30. The normalized spacial score (nSPS) is 16.9. The highest BCUT2D eigenvalue weighted by atomic mass is 16.6. The van der Waals surface area contributed by atoms with E-state index in [1.165, 1.54) is 0 Å². The van der Waals surface area contributed by atoms with E-state index in [-0.39, 0.29) is 18.2 Å². The fraction of sp³-hybridized carbons (Fsp3) is 0.667. The molecule has 12 heavy (non-hydrogen) atoms. The van der Waals surface area contributed by atoms with Crippen LogP contribution in [0.25, 0.3) is 0 Å². The highest BCUT2D eigenvalue weighted by molar-refractivity contribution is 5.67. The molecule has 68 valence electrons. The summed E-state index contributed by atoms with van der Waals surface area (Å²) in [7, 11) is 0. The van der Waals surface area contributed by atoms with Crippen LogP contribution in [0.4, 0.5) is 4.79 Å². The van der Waals surface area contributed by atoms with Crippen molar-refractivity contribution in [3.63, 3.8) is 0 Å². The van der Waals surface area contributed by atoms with Crippen LogP contribution in [0.3, 0.4) is 0 Å². The zero-order valence-electron chi connectivity index (χ0n) is 7.54. The van der Waals surface area contributed by atoms with Crippen LogP contribution in [0, 0.1) is 0 Å². The van der Waals surface area contributed by atoms with E-state index in [9.17, 15) is 4.79 Å². The molecule has 1 rings (SSSR count). The maximum absolute atomic E-state index is 11.0. The molecule has 0 atom stereocenters. The van der Waals surface area contributed by atoms with E-state index in [0.29, 0.717) is 0 Å². The number of carbonyl (C=O) groups is 1. The molecule has 0 bridgehead atoms. The number of rotatable bonds is 2. The summed E-state index contributed by atoms with van der Waals surface area (Å²) in [6.45, 7) is 3.68. The number of carbonyl (C=O) groups excluding carboxylic acids is 1. The number of hydrogen-bond acceptors (Lipinski definition) is 2. The largest absolute Gasteiger partial charge is 0.447 e. The number of hydrogen-bond donors (Lipinski definition) is 1. The molecule has 0 fully saturated rings. The third-order valence-electron chi connectivity index (χ3n) is 1.67. The van der Waals surface area contributed by atoms with E-state index >= 15 is 0 Å². The lowest BCUT2D eigenvalue weighted by molar-refractivity contribution is 0.112. The molecule has 3 nitrogen and oxygen atoms in total. The van der Waals surface area contributed by atoms with Gasteiger partial charge in [0.05, 0.1) is 6.10 Å². The summed E-state index contributed by atoms with van der Waals surface area (Å²) in [5.74, 6) is 0. The summed E-state index contributed by atoms with van der Waals surface area (Å²) in [4.78, 5) is 11.0. The van der Waals surface area contributed by atoms with Gasteiger partial charge in [0, 0.05) is 6.04 Å². The molecule has 0 unspecified atom stereocenters. The third kappa shape index (κ3) is 2.95. The van der Waals surface area contributed by atoms with E-state index in [0.717, 1.165) is 12.8 Å². The van der Waals surface area contributed by atoms with Crippen LogP contribution in [0.5, 0.6) is 0 Å². The van der Waals surface area contributed by atoms with Crippen LogP contribution in [-0.4, -0.2) is 18.2 Å². The summed E-state index contributed by atoms with van der Waals surface area (Å²) < 4.78 is 4.93.